The molecule has 150 valence electrons. The van der Waals surface area contributed by atoms with Gasteiger partial charge in [0.2, 0.25) is 0 Å². The van der Waals surface area contributed by atoms with Gasteiger partial charge >= 0.3 is 5.97 Å². The van der Waals surface area contributed by atoms with Crippen LogP contribution in [0.1, 0.15) is 46.9 Å². The molecule has 8 heteroatoms. The van der Waals surface area contributed by atoms with Gasteiger partial charge in [0, 0.05) is 0 Å². The first kappa shape index (κ1) is 19.8. The number of aromatic hydroxyl groups is 4. The second-order valence-electron chi connectivity index (χ2n) is 6.75. The van der Waals surface area contributed by atoms with E-state index in [0.717, 1.165) is 38.1 Å². The Morgan fingerprint density at radius 2 is 1.57 bits per heavy atom. The Morgan fingerprint density at radius 3 is 2.21 bits per heavy atom. The maximum Gasteiger partial charge on any atom is 0.338 e. The summed E-state index contributed by atoms with van der Waals surface area (Å²) in [5.74, 6) is -2.63. The van der Waals surface area contributed by atoms with Crippen LogP contribution in [0.5, 0.6) is 23.0 Å². The van der Waals surface area contributed by atoms with E-state index in [0.29, 0.717) is 6.42 Å². The lowest BCUT2D eigenvalue weighted by Crippen LogP contribution is -2.20. The largest absolute Gasteiger partial charge is 0.507 e. The Bertz CT molecular complexity index is 816. The number of esters is 1. The number of hydrogen-bond acceptors (Lipinski definition) is 8. The zero-order chi connectivity index (χ0) is 20.3. The van der Waals surface area contributed by atoms with Crippen LogP contribution >= 0.6 is 0 Å². The van der Waals surface area contributed by atoms with E-state index in [-0.39, 0.29) is 22.8 Å². The van der Waals surface area contributed by atoms with Crippen LogP contribution in [0.4, 0.5) is 0 Å². The monoisotopic (exact) mass is 389 g/mol. The van der Waals surface area contributed by atoms with Gasteiger partial charge in [-0.15, -0.1) is 0 Å². The van der Waals surface area contributed by atoms with Gasteiger partial charge in [0.05, 0.1) is 16.7 Å². The summed E-state index contributed by atoms with van der Waals surface area (Å²) in [4.78, 5) is 12.4. The van der Waals surface area contributed by atoms with E-state index in [2.05, 4.69) is 5.32 Å². The molecule has 2 aromatic carbocycles. The standard InChI is InChI=1S/C20H23NO7/c22-13-4-1-5-14(23)17(13)19(26)18-15(24)9-11(10-16(18)25)20(27)28-12-3-2-7-21-8-6-12/h1,4-5,9-10,12,19,21-26H,2-3,6-8H2/t12-,19?/m1/s1. The van der Waals surface area contributed by atoms with Crippen LogP contribution in [0.25, 0.3) is 0 Å². The molecule has 28 heavy (non-hydrogen) atoms. The lowest BCUT2D eigenvalue weighted by molar-refractivity contribution is 0.0274. The van der Waals surface area contributed by atoms with Crippen molar-refractivity contribution in [2.24, 2.45) is 0 Å². The molecule has 2 aromatic rings. The van der Waals surface area contributed by atoms with Gasteiger partial charge in [-0.2, -0.15) is 0 Å². The third-order valence-corrected chi connectivity index (χ3v) is 4.78. The maximum atomic E-state index is 12.4. The summed E-state index contributed by atoms with van der Waals surface area (Å²) < 4.78 is 5.45. The van der Waals surface area contributed by atoms with Gasteiger partial charge in [0.1, 0.15) is 35.2 Å². The maximum absolute atomic E-state index is 12.4. The van der Waals surface area contributed by atoms with Crippen molar-refractivity contribution in [1.82, 2.24) is 5.32 Å². The summed E-state index contributed by atoms with van der Waals surface area (Å²) in [7, 11) is 0. The van der Waals surface area contributed by atoms with Crippen LogP contribution in [0.3, 0.4) is 0 Å². The fourth-order valence-corrected chi connectivity index (χ4v) is 3.31. The number of rotatable bonds is 4. The zero-order valence-corrected chi connectivity index (χ0v) is 15.1. The highest BCUT2D eigenvalue weighted by Gasteiger charge is 2.27. The minimum Gasteiger partial charge on any atom is -0.507 e. The number of phenols is 4. The molecule has 1 unspecified atom stereocenters. The molecule has 0 saturated carbocycles. The zero-order valence-electron chi connectivity index (χ0n) is 15.1. The number of ether oxygens (including phenoxy) is 1. The topological polar surface area (TPSA) is 139 Å². The van der Waals surface area contributed by atoms with E-state index in [1.165, 1.54) is 18.2 Å². The molecule has 0 aromatic heterocycles. The molecule has 2 atom stereocenters. The van der Waals surface area contributed by atoms with Crippen LogP contribution in [-0.2, 0) is 4.74 Å². The highest BCUT2D eigenvalue weighted by atomic mass is 16.5. The van der Waals surface area contributed by atoms with E-state index in [9.17, 15) is 30.3 Å². The lowest BCUT2D eigenvalue weighted by atomic mass is 9.96. The first-order valence-electron chi connectivity index (χ1n) is 9.05. The quantitative estimate of drug-likeness (QED) is 0.436. The molecular formula is C20H23NO7. The predicted molar refractivity (Wildman–Crippen MR) is 99.5 cm³/mol. The number of carbonyl (C=O) groups is 1. The molecule has 0 aliphatic carbocycles. The minimum absolute atomic E-state index is 0.0651. The summed E-state index contributed by atoms with van der Waals surface area (Å²) >= 11 is 0. The highest BCUT2D eigenvalue weighted by molar-refractivity contribution is 5.91. The van der Waals surface area contributed by atoms with Crippen molar-refractivity contribution in [3.05, 3.63) is 47.0 Å². The number of phenolic OH excluding ortho intramolecular Hbond substituents is 4. The molecule has 1 aliphatic heterocycles. The van der Waals surface area contributed by atoms with E-state index < -0.39 is 35.1 Å². The Morgan fingerprint density at radius 1 is 0.964 bits per heavy atom. The summed E-state index contributed by atoms with van der Waals surface area (Å²) in [6, 6.07) is 6.03. The van der Waals surface area contributed by atoms with Crippen molar-refractivity contribution < 1.29 is 35.1 Å². The van der Waals surface area contributed by atoms with Crippen molar-refractivity contribution in [1.29, 1.82) is 0 Å². The Hall–Kier alpha value is -2.97. The molecule has 8 nitrogen and oxygen atoms in total. The number of aliphatic hydroxyl groups excluding tert-OH is 1. The lowest BCUT2D eigenvalue weighted by Gasteiger charge is -2.19. The van der Waals surface area contributed by atoms with Gasteiger partial charge in [-0.05, 0) is 56.6 Å². The molecule has 1 aliphatic rings. The molecule has 0 spiro atoms. The third-order valence-electron chi connectivity index (χ3n) is 4.78. The number of nitrogens with one attached hydrogen (secondary N) is 1. The normalized spacial score (nSPS) is 18.2. The van der Waals surface area contributed by atoms with Crippen molar-refractivity contribution in [2.45, 2.75) is 31.5 Å². The van der Waals surface area contributed by atoms with Crippen LogP contribution in [0, 0.1) is 0 Å². The van der Waals surface area contributed by atoms with Crippen molar-refractivity contribution in [3.63, 3.8) is 0 Å². The summed E-state index contributed by atoms with van der Waals surface area (Å²) in [5.41, 5.74) is -0.675. The molecule has 3 rings (SSSR count). The molecule has 0 amide bonds. The Kier molecular flexibility index (Phi) is 5.91. The molecule has 0 radical (unpaired) electrons. The van der Waals surface area contributed by atoms with Crippen molar-refractivity contribution >= 4 is 5.97 Å². The van der Waals surface area contributed by atoms with Gasteiger partial charge in [0.25, 0.3) is 0 Å². The fourth-order valence-electron chi connectivity index (χ4n) is 3.31. The van der Waals surface area contributed by atoms with E-state index >= 15 is 0 Å². The van der Waals surface area contributed by atoms with Crippen LogP contribution in [0.2, 0.25) is 0 Å². The van der Waals surface area contributed by atoms with Crippen molar-refractivity contribution in [3.8, 4) is 23.0 Å². The molecule has 6 N–H and O–H groups in total. The third kappa shape index (κ3) is 4.13. The smallest absolute Gasteiger partial charge is 0.338 e. The van der Waals surface area contributed by atoms with E-state index in [1.807, 2.05) is 0 Å². The van der Waals surface area contributed by atoms with Gasteiger partial charge in [-0.3, -0.25) is 0 Å². The van der Waals surface area contributed by atoms with Gasteiger partial charge < -0.3 is 35.6 Å². The number of aliphatic hydroxyl groups is 1. The average Bonchev–Trinajstić information content (AvgIpc) is 2.89. The number of benzene rings is 2. The molecule has 1 heterocycles. The van der Waals surface area contributed by atoms with Gasteiger partial charge in [-0.25, -0.2) is 4.79 Å². The van der Waals surface area contributed by atoms with E-state index in [4.69, 9.17) is 4.74 Å². The SMILES string of the molecule is O=C(O[C@@H]1CCCNCC1)c1cc(O)c(C(O)c2c(O)cccc2O)c(O)c1. The number of hydrogen-bond donors (Lipinski definition) is 6. The average molecular weight is 389 g/mol. The van der Waals surface area contributed by atoms with Crippen molar-refractivity contribution in [2.75, 3.05) is 13.1 Å². The second kappa shape index (κ2) is 8.37. The summed E-state index contributed by atoms with van der Waals surface area (Å²) in [6.45, 7) is 1.60. The van der Waals surface area contributed by atoms with Gasteiger partial charge in [-0.1, -0.05) is 6.07 Å². The molecule has 0 bridgehead atoms. The Labute approximate surface area is 161 Å². The molecule has 1 saturated heterocycles. The first-order chi connectivity index (χ1) is 13.4. The predicted octanol–water partition coefficient (Wildman–Crippen LogP) is 1.89. The molecular weight excluding hydrogens is 366 g/mol. The van der Waals surface area contributed by atoms with Gasteiger partial charge in [0.15, 0.2) is 0 Å². The minimum atomic E-state index is -1.71. The van der Waals surface area contributed by atoms with E-state index in [1.54, 1.807) is 0 Å². The fraction of sp³-hybridized carbons (Fsp3) is 0.350. The molecule has 1 fully saturated rings. The highest BCUT2D eigenvalue weighted by Crippen LogP contribution is 2.43. The first-order valence-corrected chi connectivity index (χ1v) is 9.05. The Balaban J connectivity index is 1.85. The summed E-state index contributed by atoms with van der Waals surface area (Å²) in [5, 5.41) is 54.0. The van der Waals surface area contributed by atoms with Crippen LogP contribution in [-0.4, -0.2) is 50.7 Å². The van der Waals surface area contributed by atoms with Crippen LogP contribution in [0.15, 0.2) is 30.3 Å². The number of carbonyl (C=O) groups excluding carboxylic acids is 1. The van der Waals surface area contributed by atoms with Crippen LogP contribution < -0.4 is 5.32 Å². The second-order valence-corrected chi connectivity index (χ2v) is 6.75. The summed E-state index contributed by atoms with van der Waals surface area (Å²) in [6.07, 6.45) is 0.311.